The molecule has 1 aromatic carbocycles. The monoisotopic (exact) mass is 359 g/mol. The van der Waals surface area contributed by atoms with Gasteiger partial charge in [0.25, 0.3) is 0 Å². The molecule has 0 unspecified atom stereocenters. The number of alkyl halides is 2. The Morgan fingerprint density at radius 2 is 2.04 bits per heavy atom. The predicted molar refractivity (Wildman–Crippen MR) is 79.7 cm³/mol. The molecule has 0 aliphatic rings. The van der Waals surface area contributed by atoms with E-state index in [1.807, 2.05) is 0 Å². The second kappa shape index (κ2) is 7.68. The van der Waals surface area contributed by atoms with Crippen LogP contribution in [0, 0.1) is 10.1 Å². The summed E-state index contributed by atoms with van der Waals surface area (Å²) in [5.74, 6) is -0.799. The van der Waals surface area contributed by atoms with E-state index in [1.165, 1.54) is 37.4 Å². The molecule has 0 aliphatic heterocycles. The standard InChI is InChI=1S/C14H11F2NO6S/c1-21-10-6-8(2-3-9(10)23-14(15)16)7-22-13(18)11-4-5-12(24-11)17(19)20/h2-6,14H,7H2,1H3. The van der Waals surface area contributed by atoms with Gasteiger partial charge in [-0.25, -0.2) is 4.79 Å². The summed E-state index contributed by atoms with van der Waals surface area (Å²) in [7, 11) is 1.29. The molecule has 128 valence electrons. The van der Waals surface area contributed by atoms with Crippen LogP contribution in [0.15, 0.2) is 30.3 Å². The Labute approximate surface area is 138 Å². The normalized spacial score (nSPS) is 10.5. The maximum Gasteiger partial charge on any atom is 0.387 e. The number of esters is 1. The summed E-state index contributed by atoms with van der Waals surface area (Å²) in [6, 6.07) is 6.60. The first kappa shape index (κ1) is 17.6. The zero-order valence-corrected chi connectivity index (χ0v) is 13.0. The van der Waals surface area contributed by atoms with E-state index in [9.17, 15) is 23.7 Å². The Morgan fingerprint density at radius 3 is 2.62 bits per heavy atom. The number of nitrogens with zero attached hydrogens (tertiary/aromatic N) is 1. The van der Waals surface area contributed by atoms with Crippen LogP contribution in [0.4, 0.5) is 13.8 Å². The molecule has 0 saturated carbocycles. The second-order valence-corrected chi connectivity index (χ2v) is 5.40. The number of benzene rings is 1. The molecule has 2 rings (SSSR count). The van der Waals surface area contributed by atoms with Crippen molar-refractivity contribution in [1.29, 1.82) is 0 Å². The fraction of sp³-hybridized carbons (Fsp3) is 0.214. The van der Waals surface area contributed by atoms with Crippen LogP contribution in [-0.4, -0.2) is 24.6 Å². The summed E-state index contributed by atoms with van der Waals surface area (Å²) in [5.41, 5.74) is 0.480. The Hall–Kier alpha value is -2.75. The Balaban J connectivity index is 2.02. The van der Waals surface area contributed by atoms with E-state index in [0.717, 1.165) is 0 Å². The van der Waals surface area contributed by atoms with E-state index in [2.05, 4.69) is 4.74 Å². The zero-order chi connectivity index (χ0) is 17.7. The van der Waals surface area contributed by atoms with Gasteiger partial charge < -0.3 is 14.2 Å². The highest BCUT2D eigenvalue weighted by molar-refractivity contribution is 7.17. The number of thiophene rings is 1. The van der Waals surface area contributed by atoms with Crippen LogP contribution in [-0.2, 0) is 11.3 Å². The number of methoxy groups -OCH3 is 1. The first-order chi connectivity index (χ1) is 11.4. The molecule has 10 heteroatoms. The molecule has 0 aliphatic carbocycles. The lowest BCUT2D eigenvalue weighted by molar-refractivity contribution is -0.380. The molecule has 24 heavy (non-hydrogen) atoms. The summed E-state index contributed by atoms with van der Waals surface area (Å²) in [6.45, 7) is -3.15. The third kappa shape index (κ3) is 4.38. The van der Waals surface area contributed by atoms with E-state index in [1.54, 1.807) is 0 Å². The highest BCUT2D eigenvalue weighted by Crippen LogP contribution is 2.30. The minimum Gasteiger partial charge on any atom is -0.493 e. The van der Waals surface area contributed by atoms with Crippen LogP contribution < -0.4 is 9.47 Å². The fourth-order valence-corrected chi connectivity index (χ4v) is 2.46. The van der Waals surface area contributed by atoms with Gasteiger partial charge in [-0.3, -0.25) is 10.1 Å². The Bertz CT molecular complexity index is 749. The minimum absolute atomic E-state index is 0.0654. The SMILES string of the molecule is COc1cc(COC(=O)c2ccc([N+](=O)[O-])s2)ccc1OC(F)F. The number of hydrogen-bond acceptors (Lipinski definition) is 7. The third-order valence-electron chi connectivity index (χ3n) is 2.79. The van der Waals surface area contributed by atoms with Crippen molar-refractivity contribution in [1.82, 2.24) is 0 Å². The Morgan fingerprint density at radius 1 is 1.29 bits per heavy atom. The van der Waals surface area contributed by atoms with Crippen LogP contribution in [0.5, 0.6) is 11.5 Å². The highest BCUT2D eigenvalue weighted by Gasteiger charge is 2.17. The first-order valence-corrected chi connectivity index (χ1v) is 7.25. The van der Waals surface area contributed by atoms with E-state index in [4.69, 9.17) is 9.47 Å². The molecule has 0 radical (unpaired) electrons. The zero-order valence-electron chi connectivity index (χ0n) is 12.2. The van der Waals surface area contributed by atoms with Gasteiger partial charge in [-0.2, -0.15) is 8.78 Å². The quantitative estimate of drug-likeness (QED) is 0.426. The molecule has 2 aromatic rings. The van der Waals surface area contributed by atoms with Crippen molar-refractivity contribution in [3.8, 4) is 11.5 Å². The number of hydrogen-bond donors (Lipinski definition) is 0. The lowest BCUT2D eigenvalue weighted by atomic mass is 10.2. The van der Waals surface area contributed by atoms with Crippen LogP contribution in [0.25, 0.3) is 0 Å². The van der Waals surface area contributed by atoms with Gasteiger partial charge in [0.1, 0.15) is 11.5 Å². The fourth-order valence-electron chi connectivity index (χ4n) is 1.75. The van der Waals surface area contributed by atoms with Gasteiger partial charge in [0.15, 0.2) is 11.5 Å². The van der Waals surface area contributed by atoms with E-state index < -0.39 is 17.5 Å². The molecule has 0 fully saturated rings. The number of ether oxygens (including phenoxy) is 3. The molecule has 0 amide bonds. The van der Waals surface area contributed by atoms with Crippen molar-refractivity contribution in [2.75, 3.05) is 7.11 Å². The number of carbonyl (C=O) groups is 1. The number of halogens is 2. The van der Waals surface area contributed by atoms with Crippen LogP contribution in [0.1, 0.15) is 15.2 Å². The second-order valence-electron chi connectivity index (χ2n) is 4.33. The molecule has 1 heterocycles. The average Bonchev–Trinajstić information content (AvgIpc) is 3.03. The molecule has 0 saturated heterocycles. The van der Waals surface area contributed by atoms with Crippen LogP contribution in [0.3, 0.4) is 0 Å². The lowest BCUT2D eigenvalue weighted by Crippen LogP contribution is -2.05. The van der Waals surface area contributed by atoms with Gasteiger partial charge >= 0.3 is 17.6 Å². The van der Waals surface area contributed by atoms with E-state index in [0.29, 0.717) is 16.9 Å². The van der Waals surface area contributed by atoms with Crippen molar-refractivity contribution < 1.29 is 32.7 Å². The lowest BCUT2D eigenvalue weighted by Gasteiger charge is -2.11. The van der Waals surface area contributed by atoms with Crippen molar-refractivity contribution in [3.05, 3.63) is 50.9 Å². The van der Waals surface area contributed by atoms with Crippen molar-refractivity contribution in [2.45, 2.75) is 13.2 Å². The first-order valence-electron chi connectivity index (χ1n) is 6.43. The van der Waals surface area contributed by atoms with Crippen molar-refractivity contribution in [2.24, 2.45) is 0 Å². The summed E-state index contributed by atoms with van der Waals surface area (Å²) >= 11 is 0.700. The van der Waals surface area contributed by atoms with Gasteiger partial charge in [-0.15, -0.1) is 0 Å². The Kier molecular flexibility index (Phi) is 5.64. The highest BCUT2D eigenvalue weighted by atomic mass is 32.1. The smallest absolute Gasteiger partial charge is 0.387 e. The van der Waals surface area contributed by atoms with Crippen LogP contribution >= 0.6 is 11.3 Å². The average molecular weight is 359 g/mol. The van der Waals surface area contributed by atoms with Gasteiger partial charge in [-0.1, -0.05) is 17.4 Å². The molecule has 0 spiro atoms. The van der Waals surface area contributed by atoms with Gasteiger partial charge in [0.2, 0.25) is 0 Å². The maximum atomic E-state index is 12.2. The van der Waals surface area contributed by atoms with Crippen LogP contribution in [0.2, 0.25) is 0 Å². The topological polar surface area (TPSA) is 87.9 Å². The number of rotatable bonds is 7. The van der Waals surface area contributed by atoms with Crippen molar-refractivity contribution in [3.63, 3.8) is 0 Å². The minimum atomic E-state index is -2.99. The predicted octanol–water partition coefficient (Wildman–Crippen LogP) is 3.62. The summed E-state index contributed by atoms with van der Waals surface area (Å²) in [4.78, 5) is 21.9. The molecule has 1 aromatic heterocycles. The van der Waals surface area contributed by atoms with E-state index >= 15 is 0 Å². The van der Waals surface area contributed by atoms with Crippen molar-refractivity contribution >= 4 is 22.3 Å². The molecular weight excluding hydrogens is 348 g/mol. The molecule has 0 N–H and O–H groups in total. The maximum absolute atomic E-state index is 12.2. The number of carbonyl (C=O) groups excluding carboxylic acids is 1. The third-order valence-corrected chi connectivity index (χ3v) is 3.80. The summed E-state index contributed by atoms with van der Waals surface area (Å²) in [6.07, 6.45) is 0. The van der Waals surface area contributed by atoms with Gasteiger partial charge in [0.05, 0.1) is 12.0 Å². The molecule has 0 bridgehead atoms. The largest absolute Gasteiger partial charge is 0.493 e. The summed E-state index contributed by atoms with van der Waals surface area (Å²) in [5, 5.41) is 10.4. The van der Waals surface area contributed by atoms with E-state index in [-0.39, 0.29) is 28.0 Å². The molecule has 7 nitrogen and oxygen atoms in total. The molecular formula is C14H11F2NO6S. The van der Waals surface area contributed by atoms with Gasteiger partial charge in [0, 0.05) is 6.07 Å². The number of nitro groups is 1. The van der Waals surface area contributed by atoms with Gasteiger partial charge in [-0.05, 0) is 23.8 Å². The molecule has 0 atom stereocenters. The summed E-state index contributed by atoms with van der Waals surface area (Å²) < 4.78 is 38.7.